The molecule has 1 amide bonds. The zero-order chi connectivity index (χ0) is 14.5. The fraction of sp³-hybridized carbons (Fsp3) is 0.417. The van der Waals surface area contributed by atoms with E-state index in [-0.39, 0.29) is 24.1 Å². The maximum absolute atomic E-state index is 11.2. The van der Waals surface area contributed by atoms with Crippen LogP contribution in [0.2, 0.25) is 0 Å². The zero-order valence-electron chi connectivity index (χ0n) is 10.9. The Morgan fingerprint density at radius 1 is 1.45 bits per heavy atom. The van der Waals surface area contributed by atoms with Gasteiger partial charge in [-0.15, -0.1) is 0 Å². The van der Waals surface area contributed by atoms with Crippen LogP contribution in [-0.2, 0) is 4.74 Å². The molecule has 0 aromatic heterocycles. The number of amides is 1. The number of carbonyl (C=O) groups excluding carboxylic acids is 1. The Hall–Kier alpha value is -2.51. The van der Waals surface area contributed by atoms with Crippen LogP contribution in [0.4, 0.5) is 10.5 Å². The third-order valence-corrected chi connectivity index (χ3v) is 2.82. The van der Waals surface area contributed by atoms with Crippen molar-refractivity contribution in [2.75, 3.05) is 33.4 Å². The van der Waals surface area contributed by atoms with Crippen molar-refractivity contribution in [1.82, 2.24) is 4.90 Å². The van der Waals surface area contributed by atoms with Gasteiger partial charge in [-0.25, -0.2) is 4.79 Å². The van der Waals surface area contributed by atoms with E-state index in [4.69, 9.17) is 14.2 Å². The average Bonchev–Trinajstić information content (AvgIpc) is 2.84. The summed E-state index contributed by atoms with van der Waals surface area (Å²) in [4.78, 5) is 22.9. The molecule has 1 aromatic rings. The first-order chi connectivity index (χ1) is 9.61. The summed E-state index contributed by atoms with van der Waals surface area (Å²) >= 11 is 0. The molecule has 0 saturated carbocycles. The highest BCUT2D eigenvalue weighted by molar-refractivity contribution is 5.69. The first kappa shape index (κ1) is 13.9. The molecular formula is C12H14N2O6. The summed E-state index contributed by atoms with van der Waals surface area (Å²) in [6.07, 6.45) is -0.375. The van der Waals surface area contributed by atoms with Crippen LogP contribution < -0.4 is 9.47 Å². The molecule has 20 heavy (non-hydrogen) atoms. The van der Waals surface area contributed by atoms with Crippen LogP contribution >= 0.6 is 0 Å². The highest BCUT2D eigenvalue weighted by Crippen LogP contribution is 2.31. The van der Waals surface area contributed by atoms with Crippen LogP contribution in [0.5, 0.6) is 11.5 Å². The largest absolute Gasteiger partial charge is 0.493 e. The molecule has 0 unspecified atom stereocenters. The van der Waals surface area contributed by atoms with Crippen molar-refractivity contribution < 1.29 is 23.9 Å². The smallest absolute Gasteiger partial charge is 0.410 e. The van der Waals surface area contributed by atoms with Gasteiger partial charge in [-0.1, -0.05) is 0 Å². The Bertz CT molecular complexity index is 519. The highest BCUT2D eigenvalue weighted by Gasteiger charge is 2.21. The van der Waals surface area contributed by atoms with Gasteiger partial charge in [0.15, 0.2) is 11.5 Å². The number of methoxy groups -OCH3 is 1. The van der Waals surface area contributed by atoms with Crippen molar-refractivity contribution in [2.24, 2.45) is 0 Å². The van der Waals surface area contributed by atoms with Crippen LogP contribution in [0.3, 0.4) is 0 Å². The zero-order valence-corrected chi connectivity index (χ0v) is 10.9. The SMILES string of the molecule is COc1ccc([N+](=O)[O-])cc1OCCN1CCOC1=O. The van der Waals surface area contributed by atoms with Gasteiger partial charge in [-0.05, 0) is 6.07 Å². The van der Waals surface area contributed by atoms with Crippen molar-refractivity contribution in [3.63, 3.8) is 0 Å². The second-order valence-corrected chi connectivity index (χ2v) is 4.04. The van der Waals surface area contributed by atoms with E-state index < -0.39 is 4.92 Å². The number of nitro groups is 1. The number of non-ortho nitro benzene ring substituents is 1. The summed E-state index contributed by atoms with van der Waals surface area (Å²) in [7, 11) is 1.45. The fourth-order valence-electron chi connectivity index (χ4n) is 1.79. The van der Waals surface area contributed by atoms with Crippen molar-refractivity contribution in [2.45, 2.75) is 0 Å². The first-order valence-electron chi connectivity index (χ1n) is 5.98. The molecule has 1 saturated heterocycles. The number of cyclic esters (lactones) is 1. The summed E-state index contributed by atoms with van der Waals surface area (Å²) in [5.74, 6) is 0.675. The van der Waals surface area contributed by atoms with E-state index in [0.717, 1.165) is 0 Å². The van der Waals surface area contributed by atoms with E-state index in [9.17, 15) is 14.9 Å². The molecule has 8 heteroatoms. The Balaban J connectivity index is 1.98. The maximum atomic E-state index is 11.2. The molecule has 1 aromatic carbocycles. The van der Waals surface area contributed by atoms with E-state index in [1.54, 1.807) is 0 Å². The van der Waals surface area contributed by atoms with E-state index in [1.807, 2.05) is 0 Å². The van der Waals surface area contributed by atoms with Gasteiger partial charge in [0.05, 0.1) is 31.2 Å². The number of carbonyl (C=O) groups is 1. The molecule has 0 bridgehead atoms. The number of nitrogens with zero attached hydrogens (tertiary/aromatic N) is 2. The van der Waals surface area contributed by atoms with E-state index in [0.29, 0.717) is 25.4 Å². The van der Waals surface area contributed by atoms with Gasteiger partial charge in [-0.3, -0.25) is 10.1 Å². The lowest BCUT2D eigenvalue weighted by molar-refractivity contribution is -0.385. The Labute approximate surface area is 115 Å². The molecule has 2 rings (SSSR count). The minimum absolute atomic E-state index is 0.0821. The second kappa shape index (κ2) is 6.09. The van der Waals surface area contributed by atoms with Gasteiger partial charge in [0.2, 0.25) is 0 Å². The third-order valence-electron chi connectivity index (χ3n) is 2.82. The molecule has 1 aliphatic rings. The average molecular weight is 282 g/mol. The Kier molecular flexibility index (Phi) is 4.24. The molecule has 0 N–H and O–H groups in total. The van der Waals surface area contributed by atoms with E-state index >= 15 is 0 Å². The Morgan fingerprint density at radius 3 is 2.85 bits per heavy atom. The van der Waals surface area contributed by atoms with Crippen LogP contribution in [0.15, 0.2) is 18.2 Å². The van der Waals surface area contributed by atoms with E-state index in [2.05, 4.69) is 0 Å². The molecule has 0 atom stereocenters. The summed E-state index contributed by atoms with van der Waals surface area (Å²) < 4.78 is 15.3. The van der Waals surface area contributed by atoms with Crippen molar-refractivity contribution in [3.05, 3.63) is 28.3 Å². The van der Waals surface area contributed by atoms with Crippen LogP contribution in [0, 0.1) is 10.1 Å². The number of ether oxygens (including phenoxy) is 3. The molecule has 108 valence electrons. The predicted octanol–water partition coefficient (Wildman–Crippen LogP) is 1.43. The van der Waals surface area contributed by atoms with Crippen molar-refractivity contribution in [1.29, 1.82) is 0 Å². The predicted molar refractivity (Wildman–Crippen MR) is 68.1 cm³/mol. The fourth-order valence-corrected chi connectivity index (χ4v) is 1.79. The standard InChI is InChI=1S/C12H14N2O6/c1-18-10-3-2-9(14(16)17)8-11(10)19-6-4-13-5-7-20-12(13)15/h2-3,8H,4-7H2,1H3. The van der Waals surface area contributed by atoms with Crippen molar-refractivity contribution in [3.8, 4) is 11.5 Å². The molecule has 1 fully saturated rings. The summed E-state index contributed by atoms with van der Waals surface area (Å²) in [6.45, 7) is 1.45. The third kappa shape index (κ3) is 3.08. The lowest BCUT2D eigenvalue weighted by Crippen LogP contribution is -2.29. The molecule has 1 aliphatic heterocycles. The minimum Gasteiger partial charge on any atom is -0.493 e. The number of hydrogen-bond acceptors (Lipinski definition) is 6. The van der Waals surface area contributed by atoms with Crippen molar-refractivity contribution >= 4 is 11.8 Å². The number of hydrogen-bond donors (Lipinski definition) is 0. The molecule has 0 radical (unpaired) electrons. The summed E-state index contributed by atoms with van der Waals surface area (Å²) in [5.41, 5.74) is -0.0821. The molecule has 0 aliphatic carbocycles. The van der Waals surface area contributed by atoms with Crippen LogP contribution in [0.1, 0.15) is 0 Å². The number of benzene rings is 1. The number of rotatable bonds is 6. The summed E-state index contributed by atoms with van der Waals surface area (Å²) in [5, 5.41) is 10.7. The van der Waals surface area contributed by atoms with E-state index in [1.165, 1.54) is 30.2 Å². The van der Waals surface area contributed by atoms with Gasteiger partial charge in [0.25, 0.3) is 5.69 Å². The van der Waals surface area contributed by atoms with Gasteiger partial charge in [0.1, 0.15) is 13.2 Å². The quantitative estimate of drug-likeness (QED) is 0.579. The lowest BCUT2D eigenvalue weighted by atomic mass is 10.3. The topological polar surface area (TPSA) is 91.1 Å². The molecule has 8 nitrogen and oxygen atoms in total. The van der Waals surface area contributed by atoms with Gasteiger partial charge in [-0.2, -0.15) is 0 Å². The Morgan fingerprint density at radius 2 is 2.25 bits per heavy atom. The molecular weight excluding hydrogens is 268 g/mol. The second-order valence-electron chi connectivity index (χ2n) is 4.04. The summed E-state index contributed by atoms with van der Waals surface area (Å²) in [6, 6.07) is 4.10. The van der Waals surface area contributed by atoms with Crippen LogP contribution in [-0.4, -0.2) is 49.3 Å². The van der Waals surface area contributed by atoms with Crippen LogP contribution in [0.25, 0.3) is 0 Å². The first-order valence-corrected chi connectivity index (χ1v) is 5.98. The highest BCUT2D eigenvalue weighted by atomic mass is 16.6. The van der Waals surface area contributed by atoms with Gasteiger partial charge >= 0.3 is 6.09 Å². The molecule has 0 spiro atoms. The normalized spacial score (nSPS) is 14.1. The number of nitro benzene ring substituents is 1. The van der Waals surface area contributed by atoms with Gasteiger partial charge in [0, 0.05) is 6.07 Å². The lowest BCUT2D eigenvalue weighted by Gasteiger charge is -2.14. The maximum Gasteiger partial charge on any atom is 0.410 e. The molecule has 1 heterocycles. The monoisotopic (exact) mass is 282 g/mol. The van der Waals surface area contributed by atoms with Gasteiger partial charge < -0.3 is 19.1 Å². The minimum atomic E-state index is -0.510.